The molecule has 9 nitrogen and oxygen atoms in total. The average molecular weight is 505 g/mol. The molecule has 0 spiro atoms. The van der Waals surface area contributed by atoms with E-state index in [1.165, 1.54) is 11.1 Å². The van der Waals surface area contributed by atoms with Crippen LogP contribution in [0.25, 0.3) is 10.9 Å². The number of imide groups is 1. The number of pyridine rings is 2. The van der Waals surface area contributed by atoms with Gasteiger partial charge >= 0.3 is 0 Å². The molecular formula is C26H21ClN4O5. The molecule has 5 atom stereocenters. The van der Waals surface area contributed by atoms with Crippen molar-refractivity contribution in [1.82, 2.24) is 9.97 Å². The molecule has 1 aromatic carbocycles. The van der Waals surface area contributed by atoms with Crippen LogP contribution in [0.15, 0.2) is 48.8 Å². The number of anilines is 1. The molecular weight excluding hydrogens is 484 g/mol. The highest BCUT2D eigenvalue weighted by atomic mass is 35.5. The Balaban J connectivity index is 1.35. The number of carbonyl (C=O) groups excluding carboxylic acids is 2. The first kappa shape index (κ1) is 22.9. The molecule has 36 heavy (non-hydrogen) atoms. The van der Waals surface area contributed by atoms with Crippen molar-refractivity contribution in [3.63, 3.8) is 0 Å². The number of nitrogens with zero attached hydrogens (tertiary/aromatic N) is 4. The van der Waals surface area contributed by atoms with Crippen LogP contribution >= 0.6 is 11.6 Å². The maximum atomic E-state index is 13.9. The molecule has 2 aromatic heterocycles. The Kier molecular flexibility index (Phi) is 5.06. The lowest BCUT2D eigenvalue weighted by Gasteiger charge is -2.33. The fraction of sp³-hybridized carbons (Fsp3) is 0.346. The molecule has 0 aliphatic carbocycles. The molecule has 3 fully saturated rings. The smallest absolute Gasteiger partial charge is 0.240 e. The summed E-state index contributed by atoms with van der Waals surface area (Å²) < 4.78 is 12.1. The molecule has 3 aliphatic rings. The van der Waals surface area contributed by atoms with Gasteiger partial charge in [0.25, 0.3) is 0 Å². The van der Waals surface area contributed by atoms with Crippen LogP contribution in [-0.4, -0.2) is 50.8 Å². The van der Waals surface area contributed by atoms with Crippen LogP contribution in [0.2, 0.25) is 5.02 Å². The number of rotatable bonds is 5. The third-order valence-electron chi connectivity index (χ3n) is 7.70. The fourth-order valence-electron chi connectivity index (χ4n) is 6.08. The molecule has 182 valence electrons. The molecule has 6 rings (SSSR count). The molecule has 3 saturated heterocycles. The number of aromatic nitrogens is 2. The standard InChI is InChI=1S/C26H21ClN4O5/c1-25-18(32)11-26(36-25,8-10-35-19-7-5-15(27)13-30-19)21-20(25)23(33)31(24(21)34)17-6-4-14(12-28)22-16(17)3-2-9-29-22/h2-7,9,13,18,20-21,32H,8,10-11H2,1H3/t18-,20-,21+,25?,26?/m1/s1. The first-order valence-electron chi connectivity index (χ1n) is 11.6. The zero-order chi connectivity index (χ0) is 25.2. The summed E-state index contributed by atoms with van der Waals surface area (Å²) in [6.45, 7) is 1.87. The number of hydrogen-bond acceptors (Lipinski definition) is 8. The molecule has 1 N–H and O–H groups in total. The normalized spacial score (nSPS) is 30.6. The van der Waals surface area contributed by atoms with E-state index >= 15 is 0 Å². The number of benzene rings is 1. The summed E-state index contributed by atoms with van der Waals surface area (Å²) in [5, 5.41) is 21.4. The van der Waals surface area contributed by atoms with Crippen LogP contribution in [-0.2, 0) is 14.3 Å². The van der Waals surface area contributed by atoms with Gasteiger partial charge in [-0.05, 0) is 37.3 Å². The van der Waals surface area contributed by atoms with Crippen molar-refractivity contribution >= 4 is 40.0 Å². The Labute approximate surface area is 211 Å². The van der Waals surface area contributed by atoms with Crippen LogP contribution in [0.5, 0.6) is 5.88 Å². The van der Waals surface area contributed by atoms with Gasteiger partial charge in [-0.15, -0.1) is 0 Å². The summed E-state index contributed by atoms with van der Waals surface area (Å²) in [5.41, 5.74) is -1.13. The van der Waals surface area contributed by atoms with Crippen LogP contribution in [0.4, 0.5) is 5.69 Å². The van der Waals surface area contributed by atoms with Crippen molar-refractivity contribution in [2.45, 2.75) is 37.1 Å². The zero-order valence-electron chi connectivity index (χ0n) is 19.2. The zero-order valence-corrected chi connectivity index (χ0v) is 20.0. The first-order chi connectivity index (χ1) is 17.3. The number of carbonyl (C=O) groups is 2. The Hall–Kier alpha value is -3.58. The third-order valence-corrected chi connectivity index (χ3v) is 7.92. The van der Waals surface area contributed by atoms with Gasteiger partial charge in [-0.3, -0.25) is 14.6 Å². The van der Waals surface area contributed by atoms with Crippen LogP contribution in [0.3, 0.4) is 0 Å². The highest BCUT2D eigenvalue weighted by Crippen LogP contribution is 2.62. The van der Waals surface area contributed by atoms with Crippen molar-refractivity contribution in [1.29, 1.82) is 5.26 Å². The minimum absolute atomic E-state index is 0.172. The predicted octanol–water partition coefficient (Wildman–Crippen LogP) is 3.02. The monoisotopic (exact) mass is 504 g/mol. The van der Waals surface area contributed by atoms with Crippen LogP contribution in [0.1, 0.15) is 25.3 Å². The van der Waals surface area contributed by atoms with E-state index in [0.29, 0.717) is 33.1 Å². The molecule has 2 amide bonds. The second-order valence-corrected chi connectivity index (χ2v) is 10.0. The van der Waals surface area contributed by atoms with E-state index in [2.05, 4.69) is 16.0 Å². The van der Waals surface area contributed by atoms with Gasteiger partial charge in [-0.25, -0.2) is 9.88 Å². The Morgan fingerprint density at radius 1 is 1.22 bits per heavy atom. The topological polar surface area (TPSA) is 126 Å². The summed E-state index contributed by atoms with van der Waals surface area (Å²) in [7, 11) is 0. The highest BCUT2D eigenvalue weighted by molar-refractivity contribution is 6.30. The minimum Gasteiger partial charge on any atom is -0.478 e. The largest absolute Gasteiger partial charge is 0.478 e. The van der Waals surface area contributed by atoms with Crippen molar-refractivity contribution < 1.29 is 24.2 Å². The molecule has 3 aromatic rings. The summed E-state index contributed by atoms with van der Waals surface area (Å²) in [6.07, 6.45) is 2.62. The van der Waals surface area contributed by atoms with E-state index in [1.807, 2.05) is 0 Å². The van der Waals surface area contributed by atoms with Gasteiger partial charge in [0.2, 0.25) is 17.7 Å². The van der Waals surface area contributed by atoms with Crippen molar-refractivity contribution in [2.24, 2.45) is 11.8 Å². The number of amides is 2. The quantitative estimate of drug-likeness (QED) is 0.525. The van der Waals surface area contributed by atoms with Gasteiger partial charge in [0.05, 0.1) is 51.9 Å². The lowest BCUT2D eigenvalue weighted by Crippen LogP contribution is -2.49. The number of hydrogen-bond donors (Lipinski definition) is 1. The SMILES string of the molecule is CC12OC(CCOc3ccc(Cl)cn3)(C[C@H]1O)[C@@H]1C(=O)N(c3ccc(C#N)c4ncccc34)C(=O)[C@@H]12. The molecule has 2 bridgehead atoms. The number of ether oxygens (including phenoxy) is 2. The highest BCUT2D eigenvalue weighted by Gasteiger charge is 2.77. The van der Waals surface area contributed by atoms with Gasteiger partial charge in [-0.1, -0.05) is 11.6 Å². The van der Waals surface area contributed by atoms with Crippen molar-refractivity contribution in [2.75, 3.05) is 11.5 Å². The van der Waals surface area contributed by atoms with Gasteiger partial charge < -0.3 is 14.6 Å². The summed E-state index contributed by atoms with van der Waals surface area (Å²) in [4.78, 5) is 37.3. The average Bonchev–Trinajstić information content (AvgIpc) is 3.41. The maximum Gasteiger partial charge on any atom is 0.240 e. The van der Waals surface area contributed by atoms with Gasteiger partial charge in [-0.2, -0.15) is 5.26 Å². The first-order valence-corrected chi connectivity index (χ1v) is 11.9. The summed E-state index contributed by atoms with van der Waals surface area (Å²) in [6, 6.07) is 12.0. The van der Waals surface area contributed by atoms with E-state index < -0.39 is 35.0 Å². The third kappa shape index (κ3) is 3.08. The second kappa shape index (κ2) is 7.96. The lowest BCUT2D eigenvalue weighted by atomic mass is 9.66. The van der Waals surface area contributed by atoms with E-state index in [4.69, 9.17) is 21.1 Å². The number of aliphatic hydroxyl groups is 1. The van der Waals surface area contributed by atoms with Crippen LogP contribution < -0.4 is 9.64 Å². The summed E-state index contributed by atoms with van der Waals surface area (Å²) in [5.74, 6) is -2.06. The molecule has 2 unspecified atom stereocenters. The predicted molar refractivity (Wildman–Crippen MR) is 128 cm³/mol. The van der Waals surface area contributed by atoms with E-state index in [9.17, 15) is 20.0 Å². The second-order valence-electron chi connectivity index (χ2n) is 9.59. The van der Waals surface area contributed by atoms with Crippen molar-refractivity contribution in [3.8, 4) is 11.9 Å². The Morgan fingerprint density at radius 3 is 2.78 bits per heavy atom. The molecule has 5 heterocycles. The van der Waals surface area contributed by atoms with Crippen LogP contribution in [0, 0.1) is 23.2 Å². The number of nitriles is 1. The molecule has 10 heteroatoms. The van der Waals surface area contributed by atoms with E-state index in [1.54, 1.807) is 49.5 Å². The fourth-order valence-corrected chi connectivity index (χ4v) is 6.19. The number of halogens is 1. The Bertz CT molecular complexity index is 1460. The molecule has 0 radical (unpaired) electrons. The van der Waals surface area contributed by atoms with Gasteiger partial charge in [0, 0.05) is 36.7 Å². The van der Waals surface area contributed by atoms with Gasteiger partial charge in [0.1, 0.15) is 11.7 Å². The maximum absolute atomic E-state index is 13.9. The minimum atomic E-state index is -1.20. The number of fused-ring (bicyclic) bond motifs is 6. The molecule has 0 saturated carbocycles. The van der Waals surface area contributed by atoms with Gasteiger partial charge in [0.15, 0.2) is 0 Å². The molecule has 3 aliphatic heterocycles. The Morgan fingerprint density at radius 2 is 2.03 bits per heavy atom. The lowest BCUT2D eigenvalue weighted by molar-refractivity contribution is -0.134. The van der Waals surface area contributed by atoms with E-state index in [0.717, 1.165) is 0 Å². The van der Waals surface area contributed by atoms with E-state index in [-0.39, 0.29) is 25.4 Å². The van der Waals surface area contributed by atoms with Crippen molar-refractivity contribution in [3.05, 3.63) is 59.4 Å². The number of aliphatic hydroxyl groups excluding tert-OH is 1. The summed E-state index contributed by atoms with van der Waals surface area (Å²) >= 11 is 5.88.